The van der Waals surface area contributed by atoms with E-state index in [1.807, 2.05) is 37.8 Å². The average Bonchev–Trinajstić information content (AvgIpc) is 2.65. The highest BCUT2D eigenvalue weighted by molar-refractivity contribution is 5.81. The SMILES string of the molecule is Cc1cc(C)c(C)c(OC(C)C(=O)N2CCN(c3ccccc3F)CC2)c1. The van der Waals surface area contributed by atoms with E-state index in [1.54, 1.807) is 24.0 Å². The second kappa shape index (κ2) is 7.99. The van der Waals surface area contributed by atoms with Crippen molar-refractivity contribution in [2.45, 2.75) is 33.8 Å². The Labute approximate surface area is 160 Å². The Hall–Kier alpha value is -2.56. The number of hydrogen-bond donors (Lipinski definition) is 0. The lowest BCUT2D eigenvalue weighted by molar-refractivity contribution is -0.138. The molecule has 0 N–H and O–H groups in total. The Morgan fingerprint density at radius 1 is 1.07 bits per heavy atom. The first-order valence-corrected chi connectivity index (χ1v) is 9.39. The number of ether oxygens (including phenoxy) is 1. The van der Waals surface area contributed by atoms with Crippen LogP contribution in [-0.2, 0) is 4.79 Å². The van der Waals surface area contributed by atoms with Gasteiger partial charge in [-0.15, -0.1) is 0 Å². The maximum absolute atomic E-state index is 14.0. The van der Waals surface area contributed by atoms with Gasteiger partial charge in [0.25, 0.3) is 5.91 Å². The van der Waals surface area contributed by atoms with Gasteiger partial charge in [-0.2, -0.15) is 0 Å². The quantitative estimate of drug-likeness (QED) is 0.819. The van der Waals surface area contributed by atoms with Crippen LogP contribution in [0.5, 0.6) is 5.75 Å². The summed E-state index contributed by atoms with van der Waals surface area (Å²) in [6.45, 7) is 10.2. The Balaban J connectivity index is 1.61. The molecule has 1 aliphatic heterocycles. The Morgan fingerprint density at radius 2 is 1.74 bits per heavy atom. The highest BCUT2D eigenvalue weighted by Crippen LogP contribution is 2.25. The number of carbonyl (C=O) groups is 1. The number of anilines is 1. The van der Waals surface area contributed by atoms with Crippen molar-refractivity contribution in [3.63, 3.8) is 0 Å². The third kappa shape index (κ3) is 4.24. The fraction of sp³-hybridized carbons (Fsp3) is 0.409. The first-order valence-electron chi connectivity index (χ1n) is 9.39. The van der Waals surface area contributed by atoms with Crippen LogP contribution in [0.3, 0.4) is 0 Å². The largest absolute Gasteiger partial charge is 0.481 e. The molecule has 2 aromatic rings. The molecular weight excluding hydrogens is 343 g/mol. The molecule has 1 heterocycles. The standard InChI is InChI=1S/C22H27FN2O2/c1-15-13-16(2)17(3)21(14-15)27-18(4)22(26)25-11-9-24(10-12-25)20-8-6-5-7-19(20)23/h5-8,13-14,18H,9-12H2,1-4H3. The molecule has 3 rings (SSSR count). The van der Waals surface area contributed by atoms with Gasteiger partial charge in [-0.3, -0.25) is 4.79 Å². The number of para-hydroxylation sites is 1. The number of rotatable bonds is 4. The minimum Gasteiger partial charge on any atom is -0.481 e. The zero-order valence-electron chi connectivity index (χ0n) is 16.5. The van der Waals surface area contributed by atoms with Crippen molar-refractivity contribution in [3.05, 3.63) is 58.9 Å². The first kappa shape index (κ1) is 19.2. The molecule has 4 nitrogen and oxygen atoms in total. The number of hydrogen-bond acceptors (Lipinski definition) is 3. The first-order chi connectivity index (χ1) is 12.9. The molecule has 144 valence electrons. The Morgan fingerprint density at radius 3 is 2.41 bits per heavy atom. The lowest BCUT2D eigenvalue weighted by atomic mass is 10.1. The van der Waals surface area contributed by atoms with Gasteiger partial charge in [0.05, 0.1) is 5.69 Å². The van der Waals surface area contributed by atoms with E-state index in [1.165, 1.54) is 6.07 Å². The minimum absolute atomic E-state index is 0.0262. The summed E-state index contributed by atoms with van der Waals surface area (Å²) in [5.41, 5.74) is 3.93. The van der Waals surface area contributed by atoms with Crippen molar-refractivity contribution < 1.29 is 13.9 Å². The number of nitrogens with zero attached hydrogens (tertiary/aromatic N) is 2. The van der Waals surface area contributed by atoms with Crippen molar-refractivity contribution >= 4 is 11.6 Å². The molecule has 0 bridgehead atoms. The number of aryl methyl sites for hydroxylation is 2. The molecule has 5 heteroatoms. The summed E-state index contributed by atoms with van der Waals surface area (Å²) in [5.74, 6) is 0.513. The monoisotopic (exact) mass is 370 g/mol. The molecule has 1 atom stereocenters. The Bertz CT molecular complexity index is 829. The van der Waals surface area contributed by atoms with Crippen LogP contribution in [-0.4, -0.2) is 43.1 Å². The van der Waals surface area contributed by atoms with Gasteiger partial charge >= 0.3 is 0 Å². The summed E-state index contributed by atoms with van der Waals surface area (Å²) >= 11 is 0. The van der Waals surface area contributed by atoms with Crippen LogP contribution < -0.4 is 9.64 Å². The van der Waals surface area contributed by atoms with Crippen LogP contribution in [0.25, 0.3) is 0 Å². The molecule has 0 aliphatic carbocycles. The van der Waals surface area contributed by atoms with Crippen molar-refractivity contribution in [3.8, 4) is 5.75 Å². The van der Waals surface area contributed by atoms with Gasteiger partial charge in [0, 0.05) is 26.2 Å². The van der Waals surface area contributed by atoms with Crippen molar-refractivity contribution in [2.24, 2.45) is 0 Å². The topological polar surface area (TPSA) is 32.8 Å². The van der Waals surface area contributed by atoms with Crippen LogP contribution in [0.15, 0.2) is 36.4 Å². The smallest absolute Gasteiger partial charge is 0.263 e. The maximum Gasteiger partial charge on any atom is 0.263 e. The Kier molecular flexibility index (Phi) is 5.68. The summed E-state index contributed by atoms with van der Waals surface area (Å²) in [7, 11) is 0. The zero-order valence-corrected chi connectivity index (χ0v) is 16.5. The lowest BCUT2D eigenvalue weighted by Crippen LogP contribution is -2.52. The normalized spacial score (nSPS) is 15.6. The van der Waals surface area contributed by atoms with E-state index < -0.39 is 6.10 Å². The number of amides is 1. The summed E-state index contributed by atoms with van der Waals surface area (Å²) in [4.78, 5) is 16.6. The number of benzene rings is 2. The van der Waals surface area contributed by atoms with Crippen LogP contribution in [0, 0.1) is 26.6 Å². The van der Waals surface area contributed by atoms with E-state index in [4.69, 9.17) is 4.74 Å². The van der Waals surface area contributed by atoms with Gasteiger partial charge in [0.2, 0.25) is 0 Å². The van der Waals surface area contributed by atoms with Crippen LogP contribution in [0.2, 0.25) is 0 Å². The molecule has 0 radical (unpaired) electrons. The molecule has 0 aromatic heterocycles. The van der Waals surface area contributed by atoms with E-state index >= 15 is 0 Å². The van der Waals surface area contributed by atoms with Crippen molar-refractivity contribution in [1.29, 1.82) is 0 Å². The number of halogens is 1. The average molecular weight is 370 g/mol. The fourth-order valence-electron chi connectivity index (χ4n) is 3.50. The third-order valence-electron chi connectivity index (χ3n) is 5.20. The molecule has 0 spiro atoms. The van der Waals surface area contributed by atoms with Gasteiger partial charge in [0.15, 0.2) is 6.10 Å². The molecule has 1 amide bonds. The van der Waals surface area contributed by atoms with E-state index in [2.05, 4.69) is 6.07 Å². The fourth-order valence-corrected chi connectivity index (χ4v) is 3.50. The summed E-state index contributed by atoms with van der Waals surface area (Å²) < 4.78 is 19.9. The second-order valence-corrected chi connectivity index (χ2v) is 7.23. The molecule has 1 unspecified atom stereocenters. The summed E-state index contributed by atoms with van der Waals surface area (Å²) in [5, 5.41) is 0. The molecule has 0 saturated carbocycles. The van der Waals surface area contributed by atoms with E-state index in [-0.39, 0.29) is 11.7 Å². The summed E-state index contributed by atoms with van der Waals surface area (Å²) in [6, 6.07) is 10.8. The highest BCUT2D eigenvalue weighted by Gasteiger charge is 2.27. The van der Waals surface area contributed by atoms with Crippen molar-refractivity contribution in [1.82, 2.24) is 4.90 Å². The van der Waals surface area contributed by atoms with Gasteiger partial charge < -0.3 is 14.5 Å². The summed E-state index contributed by atoms with van der Waals surface area (Å²) in [6.07, 6.45) is -0.551. The van der Waals surface area contributed by atoms with Gasteiger partial charge in [-0.05, 0) is 62.6 Å². The third-order valence-corrected chi connectivity index (χ3v) is 5.20. The maximum atomic E-state index is 14.0. The molecule has 1 aliphatic rings. The second-order valence-electron chi connectivity index (χ2n) is 7.23. The number of carbonyl (C=O) groups excluding carboxylic acids is 1. The van der Waals surface area contributed by atoms with Crippen molar-refractivity contribution in [2.75, 3.05) is 31.1 Å². The molecular formula is C22H27FN2O2. The predicted molar refractivity (Wildman–Crippen MR) is 106 cm³/mol. The van der Waals surface area contributed by atoms with Gasteiger partial charge in [0.1, 0.15) is 11.6 Å². The predicted octanol–water partition coefficient (Wildman–Crippen LogP) is 3.87. The zero-order chi connectivity index (χ0) is 19.6. The van der Waals surface area contributed by atoms with Crippen LogP contribution in [0.4, 0.5) is 10.1 Å². The molecule has 1 fully saturated rings. The van der Waals surface area contributed by atoms with Crippen LogP contribution in [0.1, 0.15) is 23.6 Å². The van der Waals surface area contributed by atoms with Gasteiger partial charge in [-0.25, -0.2) is 4.39 Å². The highest BCUT2D eigenvalue weighted by atomic mass is 19.1. The van der Waals surface area contributed by atoms with E-state index in [0.717, 1.165) is 22.4 Å². The lowest BCUT2D eigenvalue weighted by Gasteiger charge is -2.37. The van der Waals surface area contributed by atoms with Gasteiger partial charge in [-0.1, -0.05) is 18.2 Å². The minimum atomic E-state index is -0.551. The molecule has 1 saturated heterocycles. The van der Waals surface area contributed by atoms with E-state index in [0.29, 0.717) is 31.9 Å². The molecule has 27 heavy (non-hydrogen) atoms. The molecule has 2 aromatic carbocycles. The number of piperazine rings is 1. The van der Waals surface area contributed by atoms with Crippen LogP contribution >= 0.6 is 0 Å². The van der Waals surface area contributed by atoms with E-state index in [9.17, 15) is 9.18 Å².